The van der Waals surface area contributed by atoms with Gasteiger partial charge in [0.05, 0.1) is 0 Å². The molecule has 1 N–H and O–H groups in total. The molecule has 0 aromatic heterocycles. The van der Waals surface area contributed by atoms with Crippen LogP contribution in [0.15, 0.2) is 24.3 Å². The van der Waals surface area contributed by atoms with Crippen LogP contribution in [0, 0.1) is 6.92 Å². The zero-order valence-electron chi connectivity index (χ0n) is 11.8. The van der Waals surface area contributed by atoms with Crippen molar-refractivity contribution in [2.24, 2.45) is 0 Å². The summed E-state index contributed by atoms with van der Waals surface area (Å²) in [4.78, 5) is 14.0. The summed E-state index contributed by atoms with van der Waals surface area (Å²) in [7, 11) is 0. The monoisotopic (exact) mass is 262 g/mol. The molecule has 1 aliphatic rings. The van der Waals surface area contributed by atoms with E-state index in [4.69, 9.17) is 4.74 Å². The van der Waals surface area contributed by atoms with Crippen LogP contribution in [-0.2, 0) is 11.3 Å². The van der Waals surface area contributed by atoms with Gasteiger partial charge in [-0.25, -0.2) is 4.79 Å². The van der Waals surface area contributed by atoms with Gasteiger partial charge in [-0.3, -0.25) is 0 Å². The molecule has 1 aromatic carbocycles. The van der Waals surface area contributed by atoms with E-state index in [2.05, 4.69) is 5.32 Å². The molecule has 1 saturated heterocycles. The van der Waals surface area contributed by atoms with Gasteiger partial charge in [-0.05, 0) is 26.3 Å². The van der Waals surface area contributed by atoms with Gasteiger partial charge in [-0.15, -0.1) is 0 Å². The molecule has 0 saturated carbocycles. The van der Waals surface area contributed by atoms with Crippen molar-refractivity contribution in [3.05, 3.63) is 35.4 Å². The van der Waals surface area contributed by atoms with E-state index in [0.717, 1.165) is 18.7 Å². The van der Waals surface area contributed by atoms with Crippen LogP contribution in [0.25, 0.3) is 0 Å². The molecule has 19 heavy (non-hydrogen) atoms. The Balaban J connectivity index is 1.91. The molecule has 1 amide bonds. The average molecular weight is 262 g/mol. The van der Waals surface area contributed by atoms with Crippen molar-refractivity contribution in [2.45, 2.75) is 39.5 Å². The molecule has 0 spiro atoms. The van der Waals surface area contributed by atoms with Crippen LogP contribution in [0.5, 0.6) is 0 Å². The third kappa shape index (κ3) is 3.47. The van der Waals surface area contributed by atoms with Crippen LogP contribution >= 0.6 is 0 Å². The molecular weight excluding hydrogens is 240 g/mol. The summed E-state index contributed by atoms with van der Waals surface area (Å²) in [6.45, 7) is 8.10. The van der Waals surface area contributed by atoms with Crippen molar-refractivity contribution in [2.75, 3.05) is 13.1 Å². The normalized spacial score (nSPS) is 23.2. The molecule has 1 fully saturated rings. The molecule has 4 nitrogen and oxygen atoms in total. The van der Waals surface area contributed by atoms with Gasteiger partial charge in [-0.2, -0.15) is 0 Å². The third-order valence-corrected chi connectivity index (χ3v) is 3.52. The number of amides is 1. The maximum absolute atomic E-state index is 12.1. The van der Waals surface area contributed by atoms with E-state index >= 15 is 0 Å². The molecule has 2 atom stereocenters. The molecule has 104 valence electrons. The Bertz CT molecular complexity index is 420. The van der Waals surface area contributed by atoms with Crippen molar-refractivity contribution in [1.29, 1.82) is 0 Å². The summed E-state index contributed by atoms with van der Waals surface area (Å²) in [5, 5.41) is 3.30. The number of nitrogens with one attached hydrogen (secondary N) is 1. The number of hydrogen-bond acceptors (Lipinski definition) is 3. The first kappa shape index (κ1) is 13.9. The van der Waals surface area contributed by atoms with Gasteiger partial charge in [0.1, 0.15) is 6.61 Å². The fraction of sp³-hybridized carbons (Fsp3) is 0.533. The van der Waals surface area contributed by atoms with Crippen molar-refractivity contribution in [3.8, 4) is 0 Å². The number of hydrogen-bond donors (Lipinski definition) is 1. The van der Waals surface area contributed by atoms with Crippen LogP contribution in [0.3, 0.4) is 0 Å². The van der Waals surface area contributed by atoms with Crippen LogP contribution < -0.4 is 5.32 Å². The van der Waals surface area contributed by atoms with E-state index in [1.165, 1.54) is 5.56 Å². The lowest BCUT2D eigenvalue weighted by molar-refractivity contribution is 0.0564. The van der Waals surface area contributed by atoms with Crippen LogP contribution in [-0.4, -0.2) is 36.2 Å². The first-order chi connectivity index (χ1) is 9.08. The molecule has 0 aliphatic carbocycles. The topological polar surface area (TPSA) is 41.6 Å². The predicted octanol–water partition coefficient (Wildman–Crippen LogP) is 2.31. The van der Waals surface area contributed by atoms with E-state index in [1.807, 2.05) is 49.9 Å². The van der Waals surface area contributed by atoms with E-state index in [-0.39, 0.29) is 18.2 Å². The van der Waals surface area contributed by atoms with Gasteiger partial charge in [-0.1, -0.05) is 29.8 Å². The summed E-state index contributed by atoms with van der Waals surface area (Å²) in [5.41, 5.74) is 2.23. The summed E-state index contributed by atoms with van der Waals surface area (Å²) in [5.74, 6) is 0. The quantitative estimate of drug-likeness (QED) is 0.889. The van der Waals surface area contributed by atoms with Crippen molar-refractivity contribution >= 4 is 6.09 Å². The summed E-state index contributed by atoms with van der Waals surface area (Å²) >= 11 is 0. The Kier molecular flexibility index (Phi) is 4.43. The van der Waals surface area contributed by atoms with Crippen molar-refractivity contribution < 1.29 is 9.53 Å². The van der Waals surface area contributed by atoms with Gasteiger partial charge in [0.25, 0.3) is 0 Å². The lowest BCUT2D eigenvalue weighted by Gasteiger charge is -2.38. The lowest BCUT2D eigenvalue weighted by Crippen LogP contribution is -2.57. The van der Waals surface area contributed by atoms with Gasteiger partial charge in [0.15, 0.2) is 0 Å². The standard InChI is InChI=1S/C15H22N2O2/c1-11-4-6-14(7-5-11)10-19-15(18)17-12(2)8-16-9-13(17)3/h4-7,12-13,16H,8-10H2,1-3H3/t12-,13+. The lowest BCUT2D eigenvalue weighted by atomic mass is 10.1. The second-order valence-corrected chi connectivity index (χ2v) is 5.30. The highest BCUT2D eigenvalue weighted by Gasteiger charge is 2.29. The maximum Gasteiger partial charge on any atom is 0.410 e. The first-order valence-corrected chi connectivity index (χ1v) is 6.79. The van der Waals surface area contributed by atoms with Gasteiger partial charge in [0, 0.05) is 25.2 Å². The zero-order chi connectivity index (χ0) is 13.8. The molecule has 0 bridgehead atoms. The molecule has 1 aliphatic heterocycles. The largest absolute Gasteiger partial charge is 0.445 e. The molecule has 4 heteroatoms. The van der Waals surface area contributed by atoms with Crippen LogP contribution in [0.2, 0.25) is 0 Å². The Morgan fingerprint density at radius 3 is 2.42 bits per heavy atom. The second kappa shape index (κ2) is 6.06. The third-order valence-electron chi connectivity index (χ3n) is 3.52. The van der Waals surface area contributed by atoms with E-state index in [1.54, 1.807) is 0 Å². The van der Waals surface area contributed by atoms with Gasteiger partial charge >= 0.3 is 6.09 Å². The number of carbonyl (C=O) groups is 1. The SMILES string of the molecule is Cc1ccc(COC(=O)N2[C@H](C)CNC[C@@H]2C)cc1. The summed E-state index contributed by atoms with van der Waals surface area (Å²) < 4.78 is 5.41. The Labute approximate surface area is 114 Å². The van der Waals surface area contributed by atoms with Crippen molar-refractivity contribution in [3.63, 3.8) is 0 Å². The fourth-order valence-electron chi connectivity index (χ4n) is 2.40. The second-order valence-electron chi connectivity index (χ2n) is 5.30. The average Bonchev–Trinajstić information content (AvgIpc) is 2.38. The molecule has 0 unspecified atom stereocenters. The minimum atomic E-state index is -0.220. The molecule has 2 rings (SSSR count). The van der Waals surface area contributed by atoms with E-state index in [0.29, 0.717) is 6.61 Å². The number of piperazine rings is 1. The van der Waals surface area contributed by atoms with Gasteiger partial charge in [0.2, 0.25) is 0 Å². The molecular formula is C15H22N2O2. The van der Waals surface area contributed by atoms with E-state index < -0.39 is 0 Å². The first-order valence-electron chi connectivity index (χ1n) is 6.79. The van der Waals surface area contributed by atoms with Crippen LogP contribution in [0.1, 0.15) is 25.0 Å². The van der Waals surface area contributed by atoms with Gasteiger partial charge < -0.3 is 15.0 Å². The highest BCUT2D eigenvalue weighted by molar-refractivity contribution is 5.68. The highest BCUT2D eigenvalue weighted by Crippen LogP contribution is 2.13. The molecule has 1 heterocycles. The minimum Gasteiger partial charge on any atom is -0.445 e. The number of aryl methyl sites for hydroxylation is 1. The Morgan fingerprint density at radius 2 is 1.84 bits per heavy atom. The minimum absolute atomic E-state index is 0.175. The number of benzene rings is 1. The smallest absolute Gasteiger partial charge is 0.410 e. The van der Waals surface area contributed by atoms with E-state index in [9.17, 15) is 4.79 Å². The maximum atomic E-state index is 12.1. The van der Waals surface area contributed by atoms with Crippen molar-refractivity contribution in [1.82, 2.24) is 10.2 Å². The summed E-state index contributed by atoms with van der Waals surface area (Å²) in [6.07, 6.45) is -0.220. The highest BCUT2D eigenvalue weighted by atomic mass is 16.6. The molecule has 0 radical (unpaired) electrons. The zero-order valence-corrected chi connectivity index (χ0v) is 11.8. The number of nitrogens with zero attached hydrogens (tertiary/aromatic N) is 1. The Hall–Kier alpha value is -1.55. The number of ether oxygens (including phenoxy) is 1. The number of carbonyl (C=O) groups excluding carboxylic acids is 1. The van der Waals surface area contributed by atoms with Crippen LogP contribution in [0.4, 0.5) is 4.79 Å². The predicted molar refractivity (Wildman–Crippen MR) is 75.0 cm³/mol. The summed E-state index contributed by atoms with van der Waals surface area (Å²) in [6, 6.07) is 8.39. The fourth-order valence-corrected chi connectivity index (χ4v) is 2.40. The Morgan fingerprint density at radius 1 is 1.26 bits per heavy atom. The molecule has 1 aromatic rings. The number of rotatable bonds is 2.